The number of hydrogen-bond acceptors (Lipinski definition) is 4. The molecule has 24 heavy (non-hydrogen) atoms. The van der Waals surface area contributed by atoms with Crippen molar-refractivity contribution in [1.29, 1.82) is 0 Å². The average Bonchev–Trinajstić information content (AvgIpc) is 3.08. The van der Waals surface area contributed by atoms with Crippen LogP contribution in [0.3, 0.4) is 0 Å². The lowest BCUT2D eigenvalue weighted by Gasteiger charge is -2.31. The van der Waals surface area contributed by atoms with Crippen LogP contribution in [0, 0.1) is 5.92 Å². The van der Waals surface area contributed by atoms with Gasteiger partial charge < -0.3 is 15.1 Å². The second-order valence-corrected chi connectivity index (χ2v) is 7.44. The zero-order valence-electron chi connectivity index (χ0n) is 13.4. The second-order valence-electron chi connectivity index (χ2n) is 5.53. The van der Waals surface area contributed by atoms with Gasteiger partial charge in [-0.25, -0.2) is 8.42 Å². The Balaban J connectivity index is 1.73. The maximum atomic E-state index is 12.5. The number of aliphatic imine (C=N–C) groups is 1. The summed E-state index contributed by atoms with van der Waals surface area (Å²) in [5.41, 5.74) is 0. The SMILES string of the molecule is CN=C(NCc1ccco1)NCC1CCN(S(=O)(=O)C(F)F)CC1. The van der Waals surface area contributed by atoms with Crippen LogP contribution < -0.4 is 10.6 Å². The third kappa shape index (κ3) is 4.91. The molecule has 1 fully saturated rings. The summed E-state index contributed by atoms with van der Waals surface area (Å²) in [5.74, 6) is -1.76. The summed E-state index contributed by atoms with van der Waals surface area (Å²) in [4.78, 5) is 4.10. The van der Waals surface area contributed by atoms with Gasteiger partial charge in [-0.2, -0.15) is 13.1 Å². The predicted molar refractivity (Wildman–Crippen MR) is 86.1 cm³/mol. The summed E-state index contributed by atoms with van der Waals surface area (Å²) < 4.78 is 54.0. The van der Waals surface area contributed by atoms with Crippen molar-refractivity contribution < 1.29 is 21.6 Å². The minimum Gasteiger partial charge on any atom is -0.467 e. The van der Waals surface area contributed by atoms with E-state index in [-0.39, 0.29) is 19.0 Å². The minimum absolute atomic E-state index is 0.122. The number of nitrogens with one attached hydrogen (secondary N) is 2. The van der Waals surface area contributed by atoms with Crippen molar-refractivity contribution in [3.05, 3.63) is 24.2 Å². The van der Waals surface area contributed by atoms with E-state index in [1.807, 2.05) is 6.07 Å². The highest BCUT2D eigenvalue weighted by molar-refractivity contribution is 7.89. The number of guanidine groups is 1. The first-order valence-electron chi connectivity index (χ1n) is 7.67. The highest BCUT2D eigenvalue weighted by Gasteiger charge is 2.34. The second kappa shape index (κ2) is 8.43. The molecule has 0 amide bonds. The summed E-state index contributed by atoms with van der Waals surface area (Å²) in [6.45, 7) is 1.34. The lowest BCUT2D eigenvalue weighted by Crippen LogP contribution is -2.45. The highest BCUT2D eigenvalue weighted by Crippen LogP contribution is 2.22. The molecule has 0 unspecified atom stereocenters. The lowest BCUT2D eigenvalue weighted by atomic mass is 9.98. The van der Waals surface area contributed by atoms with E-state index in [1.54, 1.807) is 19.4 Å². The van der Waals surface area contributed by atoms with Gasteiger partial charge in [0.05, 0.1) is 12.8 Å². The van der Waals surface area contributed by atoms with Gasteiger partial charge in [-0.3, -0.25) is 4.99 Å². The number of sulfonamides is 1. The first kappa shape index (κ1) is 18.7. The van der Waals surface area contributed by atoms with Crippen LogP contribution in [0.15, 0.2) is 27.8 Å². The Kier molecular flexibility index (Phi) is 6.55. The molecule has 2 rings (SSSR count). The molecule has 1 aromatic heterocycles. The largest absolute Gasteiger partial charge is 0.467 e. The average molecular weight is 364 g/mol. The fraction of sp³-hybridized carbons (Fsp3) is 0.643. The molecule has 1 aromatic rings. The first-order chi connectivity index (χ1) is 11.4. The van der Waals surface area contributed by atoms with Crippen LogP contribution in [0.5, 0.6) is 0 Å². The Labute approximate surface area is 140 Å². The predicted octanol–water partition coefficient (Wildman–Crippen LogP) is 1.21. The van der Waals surface area contributed by atoms with E-state index < -0.39 is 15.8 Å². The van der Waals surface area contributed by atoms with Crippen molar-refractivity contribution in [2.45, 2.75) is 25.1 Å². The van der Waals surface area contributed by atoms with E-state index in [0.29, 0.717) is 31.9 Å². The molecule has 0 saturated carbocycles. The van der Waals surface area contributed by atoms with E-state index in [2.05, 4.69) is 15.6 Å². The Morgan fingerprint density at radius 3 is 2.67 bits per heavy atom. The molecule has 0 spiro atoms. The molecule has 7 nitrogen and oxygen atoms in total. The monoisotopic (exact) mass is 364 g/mol. The molecule has 1 aliphatic rings. The smallest absolute Gasteiger partial charge is 0.350 e. The standard InChI is InChI=1S/C14H22F2N4O3S/c1-17-14(19-10-12-3-2-8-23-12)18-9-11-4-6-20(7-5-11)24(21,22)13(15)16/h2-3,8,11,13H,4-7,9-10H2,1H3,(H2,17,18,19). The summed E-state index contributed by atoms with van der Waals surface area (Å²) in [7, 11) is -2.81. The van der Waals surface area contributed by atoms with Crippen molar-refractivity contribution in [2.75, 3.05) is 26.7 Å². The highest BCUT2D eigenvalue weighted by atomic mass is 32.2. The van der Waals surface area contributed by atoms with E-state index in [9.17, 15) is 17.2 Å². The number of hydrogen-bond donors (Lipinski definition) is 2. The third-order valence-electron chi connectivity index (χ3n) is 3.95. The van der Waals surface area contributed by atoms with Crippen LogP contribution in [0.1, 0.15) is 18.6 Å². The van der Waals surface area contributed by atoms with Crippen LogP contribution in [0.4, 0.5) is 8.78 Å². The molecule has 2 heterocycles. The fourth-order valence-corrected chi connectivity index (χ4v) is 3.47. The molecule has 0 atom stereocenters. The molecule has 0 aromatic carbocycles. The minimum atomic E-state index is -4.46. The van der Waals surface area contributed by atoms with Crippen molar-refractivity contribution in [2.24, 2.45) is 10.9 Å². The number of nitrogens with zero attached hydrogens (tertiary/aromatic N) is 2. The number of piperidine rings is 1. The van der Waals surface area contributed by atoms with Gasteiger partial charge in [0.15, 0.2) is 5.96 Å². The number of alkyl halides is 2. The van der Waals surface area contributed by atoms with Crippen molar-refractivity contribution in [1.82, 2.24) is 14.9 Å². The van der Waals surface area contributed by atoms with Crippen LogP contribution in [-0.4, -0.2) is 51.1 Å². The maximum absolute atomic E-state index is 12.5. The van der Waals surface area contributed by atoms with Crippen molar-refractivity contribution in [3.8, 4) is 0 Å². The molecule has 136 valence electrons. The van der Waals surface area contributed by atoms with Gasteiger partial charge in [0.2, 0.25) is 0 Å². The Morgan fingerprint density at radius 2 is 2.12 bits per heavy atom. The van der Waals surface area contributed by atoms with E-state index in [1.165, 1.54) is 0 Å². The third-order valence-corrected chi connectivity index (χ3v) is 5.49. The van der Waals surface area contributed by atoms with Gasteiger partial charge in [-0.05, 0) is 30.9 Å². The molecular weight excluding hydrogens is 342 g/mol. The molecule has 0 radical (unpaired) electrons. The Bertz CT molecular complexity index is 626. The van der Waals surface area contributed by atoms with Gasteiger partial charge in [0.25, 0.3) is 10.0 Å². The van der Waals surface area contributed by atoms with Crippen LogP contribution in [0.25, 0.3) is 0 Å². The maximum Gasteiger partial charge on any atom is 0.350 e. The van der Waals surface area contributed by atoms with Gasteiger partial charge in [-0.1, -0.05) is 0 Å². The summed E-state index contributed by atoms with van der Waals surface area (Å²) in [6, 6.07) is 3.65. The van der Waals surface area contributed by atoms with Crippen LogP contribution >= 0.6 is 0 Å². The molecule has 1 saturated heterocycles. The van der Waals surface area contributed by atoms with E-state index in [0.717, 1.165) is 10.1 Å². The number of furan rings is 1. The molecule has 2 N–H and O–H groups in total. The lowest BCUT2D eigenvalue weighted by molar-refractivity contribution is 0.204. The first-order valence-corrected chi connectivity index (χ1v) is 9.18. The summed E-state index contributed by atoms with van der Waals surface area (Å²) >= 11 is 0. The van der Waals surface area contributed by atoms with Gasteiger partial charge in [0.1, 0.15) is 5.76 Å². The van der Waals surface area contributed by atoms with Crippen molar-refractivity contribution >= 4 is 16.0 Å². The van der Waals surface area contributed by atoms with E-state index >= 15 is 0 Å². The summed E-state index contributed by atoms with van der Waals surface area (Å²) in [6.07, 6.45) is 2.66. The molecule has 0 bridgehead atoms. The zero-order valence-corrected chi connectivity index (χ0v) is 14.2. The molecule has 10 heteroatoms. The normalized spacial score (nSPS) is 18.1. The number of rotatable bonds is 6. The number of halogens is 2. The van der Waals surface area contributed by atoms with Crippen LogP contribution in [0.2, 0.25) is 0 Å². The van der Waals surface area contributed by atoms with Gasteiger partial charge in [-0.15, -0.1) is 0 Å². The Morgan fingerprint density at radius 1 is 1.42 bits per heavy atom. The molecule has 1 aliphatic heterocycles. The molecule has 0 aliphatic carbocycles. The molecular formula is C14H22F2N4O3S. The summed E-state index contributed by atoms with van der Waals surface area (Å²) in [5, 5.41) is 6.26. The van der Waals surface area contributed by atoms with Gasteiger partial charge in [0, 0.05) is 26.7 Å². The quantitative estimate of drug-likeness (QED) is 0.585. The fourth-order valence-electron chi connectivity index (χ4n) is 2.53. The van der Waals surface area contributed by atoms with Crippen LogP contribution in [-0.2, 0) is 16.6 Å². The Hall–Kier alpha value is -1.68. The van der Waals surface area contributed by atoms with Gasteiger partial charge >= 0.3 is 5.76 Å². The van der Waals surface area contributed by atoms with Crippen molar-refractivity contribution in [3.63, 3.8) is 0 Å². The zero-order chi connectivity index (χ0) is 17.6. The topological polar surface area (TPSA) is 86.9 Å². The van der Waals surface area contributed by atoms with E-state index in [4.69, 9.17) is 4.42 Å².